The van der Waals surface area contributed by atoms with Crippen molar-refractivity contribution >= 4 is 27.5 Å². The molecule has 112 valence electrons. The summed E-state index contributed by atoms with van der Waals surface area (Å²) in [6.07, 6.45) is -0.847. The van der Waals surface area contributed by atoms with Crippen molar-refractivity contribution in [2.45, 2.75) is 13.0 Å². The number of methoxy groups -OCH3 is 2. The lowest BCUT2D eigenvalue weighted by atomic mass is 9.99. The zero-order valence-corrected chi connectivity index (χ0v) is 14.3. The van der Waals surface area contributed by atoms with E-state index in [1.807, 2.05) is 19.1 Å². The van der Waals surface area contributed by atoms with Gasteiger partial charge in [-0.05, 0) is 52.2 Å². The van der Waals surface area contributed by atoms with E-state index in [1.54, 1.807) is 32.4 Å². The number of aryl methyl sites for hydroxylation is 1. The lowest BCUT2D eigenvalue weighted by Gasteiger charge is -2.18. The van der Waals surface area contributed by atoms with Gasteiger partial charge in [-0.3, -0.25) is 0 Å². The van der Waals surface area contributed by atoms with Gasteiger partial charge in [-0.25, -0.2) is 0 Å². The Bertz CT molecular complexity index is 658. The molecule has 0 aromatic heterocycles. The fraction of sp³-hybridized carbons (Fsp3) is 0.250. The molecule has 0 fully saturated rings. The van der Waals surface area contributed by atoms with E-state index in [0.717, 1.165) is 10.0 Å². The van der Waals surface area contributed by atoms with E-state index in [0.29, 0.717) is 27.6 Å². The highest BCUT2D eigenvalue weighted by atomic mass is 79.9. The molecule has 21 heavy (non-hydrogen) atoms. The van der Waals surface area contributed by atoms with Crippen LogP contribution in [0.25, 0.3) is 0 Å². The van der Waals surface area contributed by atoms with E-state index in [2.05, 4.69) is 15.9 Å². The van der Waals surface area contributed by atoms with Crippen molar-refractivity contribution in [2.75, 3.05) is 14.2 Å². The number of benzene rings is 2. The van der Waals surface area contributed by atoms with Crippen LogP contribution in [-0.4, -0.2) is 19.3 Å². The molecule has 0 heterocycles. The first-order chi connectivity index (χ1) is 9.97. The summed E-state index contributed by atoms with van der Waals surface area (Å²) in [5.74, 6) is 1.20. The maximum atomic E-state index is 10.6. The number of ether oxygens (including phenoxy) is 2. The van der Waals surface area contributed by atoms with Crippen LogP contribution < -0.4 is 9.47 Å². The molecule has 1 N–H and O–H groups in total. The molecule has 0 aliphatic heterocycles. The molecule has 0 radical (unpaired) electrons. The van der Waals surface area contributed by atoms with E-state index in [4.69, 9.17) is 21.1 Å². The third-order valence-corrected chi connectivity index (χ3v) is 4.34. The van der Waals surface area contributed by atoms with E-state index >= 15 is 0 Å². The van der Waals surface area contributed by atoms with Gasteiger partial charge < -0.3 is 14.6 Å². The second-order valence-corrected chi connectivity index (χ2v) is 5.90. The molecule has 3 nitrogen and oxygen atoms in total. The van der Waals surface area contributed by atoms with Crippen molar-refractivity contribution < 1.29 is 14.6 Å². The standard InChI is InChI=1S/C16H16BrClO3/c1-9-4-5-10(6-13(9)18)16(19)11-7-15(21-3)12(17)8-14(11)20-2/h4-8,16,19H,1-3H3. The second-order valence-electron chi connectivity index (χ2n) is 4.64. The highest BCUT2D eigenvalue weighted by molar-refractivity contribution is 9.10. The predicted molar refractivity (Wildman–Crippen MR) is 87.5 cm³/mol. The van der Waals surface area contributed by atoms with Gasteiger partial charge in [-0.2, -0.15) is 0 Å². The minimum absolute atomic E-state index is 0.576. The van der Waals surface area contributed by atoms with Crippen molar-refractivity contribution in [2.24, 2.45) is 0 Å². The second kappa shape index (κ2) is 6.69. The van der Waals surface area contributed by atoms with Crippen LogP contribution in [0.3, 0.4) is 0 Å². The molecule has 2 aromatic rings. The van der Waals surface area contributed by atoms with Crippen LogP contribution in [0, 0.1) is 6.92 Å². The fourth-order valence-corrected chi connectivity index (χ4v) is 2.73. The summed E-state index contributed by atoms with van der Waals surface area (Å²) < 4.78 is 11.4. The van der Waals surface area contributed by atoms with Gasteiger partial charge in [-0.1, -0.05) is 23.7 Å². The minimum Gasteiger partial charge on any atom is -0.496 e. The SMILES string of the molecule is COc1cc(C(O)c2ccc(C)c(Cl)c2)c(OC)cc1Br. The average molecular weight is 372 g/mol. The van der Waals surface area contributed by atoms with Crippen LogP contribution in [0.4, 0.5) is 0 Å². The van der Waals surface area contributed by atoms with E-state index < -0.39 is 6.10 Å². The normalized spacial score (nSPS) is 12.1. The maximum Gasteiger partial charge on any atom is 0.133 e. The summed E-state index contributed by atoms with van der Waals surface area (Å²) >= 11 is 9.53. The monoisotopic (exact) mass is 370 g/mol. The topological polar surface area (TPSA) is 38.7 Å². The Hall–Kier alpha value is -1.23. The van der Waals surface area contributed by atoms with Gasteiger partial charge in [0, 0.05) is 10.6 Å². The molecule has 2 aromatic carbocycles. The summed E-state index contributed by atoms with van der Waals surface area (Å²) in [7, 11) is 3.14. The lowest BCUT2D eigenvalue weighted by molar-refractivity contribution is 0.214. The van der Waals surface area contributed by atoms with Crippen LogP contribution in [0.15, 0.2) is 34.8 Å². The Morgan fingerprint density at radius 1 is 1.10 bits per heavy atom. The molecule has 0 aliphatic carbocycles. The molecule has 2 rings (SSSR count). The Kier molecular flexibility index (Phi) is 5.14. The summed E-state index contributed by atoms with van der Waals surface area (Å²) in [6.45, 7) is 1.92. The predicted octanol–water partition coefficient (Wildman–Crippen LogP) is 4.51. The van der Waals surface area contributed by atoms with Gasteiger partial charge in [0.15, 0.2) is 0 Å². The first-order valence-electron chi connectivity index (χ1n) is 6.33. The highest BCUT2D eigenvalue weighted by Crippen LogP contribution is 2.38. The summed E-state index contributed by atoms with van der Waals surface area (Å²) in [5.41, 5.74) is 2.29. The zero-order chi connectivity index (χ0) is 15.6. The molecular formula is C16H16BrClO3. The minimum atomic E-state index is -0.847. The fourth-order valence-electron chi connectivity index (χ4n) is 2.06. The molecule has 0 spiro atoms. The zero-order valence-electron chi connectivity index (χ0n) is 12.0. The van der Waals surface area contributed by atoms with Crippen LogP contribution in [0.5, 0.6) is 11.5 Å². The van der Waals surface area contributed by atoms with Crippen LogP contribution in [-0.2, 0) is 0 Å². The Morgan fingerprint density at radius 2 is 1.76 bits per heavy atom. The first-order valence-corrected chi connectivity index (χ1v) is 7.50. The molecule has 0 saturated heterocycles. The van der Waals surface area contributed by atoms with Crippen molar-refractivity contribution in [3.05, 3.63) is 56.5 Å². The first kappa shape index (κ1) is 16.1. The number of aliphatic hydroxyl groups excluding tert-OH is 1. The highest BCUT2D eigenvalue weighted by Gasteiger charge is 2.19. The van der Waals surface area contributed by atoms with Gasteiger partial charge >= 0.3 is 0 Å². The molecular weight excluding hydrogens is 356 g/mol. The molecule has 0 aliphatic rings. The van der Waals surface area contributed by atoms with E-state index in [1.165, 1.54) is 0 Å². The van der Waals surface area contributed by atoms with E-state index in [-0.39, 0.29) is 0 Å². The average Bonchev–Trinajstić information content (AvgIpc) is 2.49. The number of halogens is 2. The maximum absolute atomic E-state index is 10.6. The van der Waals surface area contributed by atoms with Gasteiger partial charge in [0.1, 0.15) is 17.6 Å². The Balaban J connectivity index is 2.50. The Morgan fingerprint density at radius 3 is 2.33 bits per heavy atom. The van der Waals surface area contributed by atoms with Crippen molar-refractivity contribution in [1.29, 1.82) is 0 Å². The third-order valence-electron chi connectivity index (χ3n) is 3.31. The quantitative estimate of drug-likeness (QED) is 0.859. The van der Waals surface area contributed by atoms with Gasteiger partial charge in [0.2, 0.25) is 0 Å². The van der Waals surface area contributed by atoms with Gasteiger partial charge in [0.05, 0.1) is 18.7 Å². The van der Waals surface area contributed by atoms with Crippen molar-refractivity contribution in [1.82, 2.24) is 0 Å². The molecule has 5 heteroatoms. The van der Waals surface area contributed by atoms with Crippen LogP contribution >= 0.6 is 27.5 Å². The van der Waals surface area contributed by atoms with Crippen LogP contribution in [0.1, 0.15) is 22.8 Å². The summed E-state index contributed by atoms with van der Waals surface area (Å²) in [4.78, 5) is 0. The van der Waals surface area contributed by atoms with Crippen LogP contribution in [0.2, 0.25) is 5.02 Å². The Labute approximate surface area is 137 Å². The third kappa shape index (κ3) is 3.34. The molecule has 1 unspecified atom stereocenters. The number of aliphatic hydroxyl groups is 1. The largest absolute Gasteiger partial charge is 0.496 e. The van der Waals surface area contributed by atoms with Crippen molar-refractivity contribution in [3.63, 3.8) is 0 Å². The molecule has 0 saturated carbocycles. The number of hydrogen-bond acceptors (Lipinski definition) is 3. The molecule has 0 amide bonds. The molecule has 1 atom stereocenters. The lowest BCUT2D eigenvalue weighted by Crippen LogP contribution is -2.04. The number of rotatable bonds is 4. The van der Waals surface area contributed by atoms with Gasteiger partial charge in [-0.15, -0.1) is 0 Å². The summed E-state index contributed by atoms with van der Waals surface area (Å²) in [6, 6.07) is 9.01. The van der Waals surface area contributed by atoms with E-state index in [9.17, 15) is 5.11 Å². The number of hydrogen-bond donors (Lipinski definition) is 1. The summed E-state index contributed by atoms with van der Waals surface area (Å²) in [5, 5.41) is 11.2. The smallest absolute Gasteiger partial charge is 0.133 e. The van der Waals surface area contributed by atoms with Gasteiger partial charge in [0.25, 0.3) is 0 Å². The van der Waals surface area contributed by atoms with Crippen molar-refractivity contribution in [3.8, 4) is 11.5 Å². The molecule has 0 bridgehead atoms.